The fraction of sp³-hybridized carbons (Fsp3) is 0. The van der Waals surface area contributed by atoms with Gasteiger partial charge in [0.15, 0.2) is 11.3 Å². The average Bonchev–Trinajstić information content (AvgIpc) is 2.67. The monoisotopic (exact) mass is 208 g/mol. The van der Waals surface area contributed by atoms with E-state index in [4.69, 9.17) is 0 Å². The lowest BCUT2D eigenvalue weighted by atomic mass is 10.2. The number of hydrogen-bond acceptors (Lipinski definition) is 4. The molecule has 70 valence electrons. The largest absolute Gasteiger partial charge is 0.295 e. The zero-order chi connectivity index (χ0) is 9.97. The molecule has 0 unspecified atom stereocenters. The highest BCUT2D eigenvalue weighted by atomic mass is 32.1. The Kier molecular flexibility index (Phi) is 2.32. The molecule has 3 nitrogen and oxygen atoms in total. The van der Waals surface area contributed by atoms with E-state index in [1.807, 2.05) is 0 Å². The quantitative estimate of drug-likeness (QED) is 0.710. The second kappa shape index (κ2) is 3.63. The number of halogens is 1. The number of benzene rings is 1. The van der Waals surface area contributed by atoms with Crippen molar-refractivity contribution in [3.63, 3.8) is 0 Å². The van der Waals surface area contributed by atoms with E-state index in [1.54, 1.807) is 12.1 Å². The Bertz CT molecular complexity index is 452. The molecule has 5 heteroatoms. The molecule has 0 radical (unpaired) electrons. The fourth-order valence-electron chi connectivity index (χ4n) is 0.991. The van der Waals surface area contributed by atoms with Crippen molar-refractivity contribution in [1.82, 2.24) is 10.2 Å². The van der Waals surface area contributed by atoms with E-state index >= 15 is 0 Å². The smallest absolute Gasteiger partial charge is 0.180 e. The molecular weight excluding hydrogens is 203 g/mol. The lowest BCUT2D eigenvalue weighted by Crippen LogP contribution is -1.78. The van der Waals surface area contributed by atoms with Gasteiger partial charge >= 0.3 is 0 Å². The molecule has 0 aliphatic carbocycles. The molecule has 0 saturated heterocycles. The molecule has 0 aliphatic rings. The van der Waals surface area contributed by atoms with Crippen molar-refractivity contribution in [1.29, 1.82) is 0 Å². The average molecular weight is 208 g/mol. The summed E-state index contributed by atoms with van der Waals surface area (Å²) in [6.45, 7) is 0. The number of carbonyl (C=O) groups excluding carboxylic acids is 1. The van der Waals surface area contributed by atoms with Crippen molar-refractivity contribution in [2.45, 2.75) is 0 Å². The maximum atomic E-state index is 12.6. The summed E-state index contributed by atoms with van der Waals surface area (Å²) in [6.07, 6.45) is 0.644. The number of nitrogens with zero attached hydrogens (tertiary/aromatic N) is 2. The van der Waals surface area contributed by atoms with Gasteiger partial charge in [-0.2, -0.15) is 0 Å². The molecule has 0 amide bonds. The van der Waals surface area contributed by atoms with Crippen LogP contribution in [0.5, 0.6) is 0 Å². The number of rotatable bonds is 2. The summed E-state index contributed by atoms with van der Waals surface area (Å²) in [6, 6.07) is 5.89. The fourth-order valence-corrected chi connectivity index (χ4v) is 1.65. The predicted molar refractivity (Wildman–Crippen MR) is 50.7 cm³/mol. The van der Waals surface area contributed by atoms with E-state index in [1.165, 1.54) is 23.5 Å². The highest BCUT2D eigenvalue weighted by Crippen LogP contribution is 2.22. The van der Waals surface area contributed by atoms with Gasteiger partial charge in [-0.15, -0.1) is 10.2 Å². The van der Waals surface area contributed by atoms with E-state index in [0.29, 0.717) is 16.3 Å². The topological polar surface area (TPSA) is 42.9 Å². The number of carbonyl (C=O) groups is 1. The van der Waals surface area contributed by atoms with Crippen LogP contribution in [0.1, 0.15) is 9.80 Å². The molecule has 2 aromatic rings. The molecule has 0 atom stereocenters. The summed E-state index contributed by atoms with van der Waals surface area (Å²) in [5.74, 6) is -0.297. The van der Waals surface area contributed by atoms with Crippen molar-refractivity contribution >= 4 is 17.6 Å². The maximum absolute atomic E-state index is 12.6. The second-order valence-corrected chi connectivity index (χ2v) is 3.58. The minimum absolute atomic E-state index is 0.297. The first-order valence-electron chi connectivity index (χ1n) is 3.84. The zero-order valence-corrected chi connectivity index (χ0v) is 7.79. The molecule has 0 bridgehead atoms. The normalized spacial score (nSPS) is 10.1. The first-order chi connectivity index (χ1) is 6.79. The molecule has 0 N–H and O–H groups in total. The molecule has 2 rings (SSSR count). The lowest BCUT2D eigenvalue weighted by Gasteiger charge is -1.92. The Labute approximate surface area is 83.2 Å². The van der Waals surface area contributed by atoms with Gasteiger partial charge in [0.25, 0.3) is 0 Å². The summed E-state index contributed by atoms with van der Waals surface area (Å²) in [5.41, 5.74) is 0.761. The van der Waals surface area contributed by atoms with Crippen LogP contribution in [-0.2, 0) is 0 Å². The van der Waals surface area contributed by atoms with Crippen LogP contribution in [0.15, 0.2) is 24.3 Å². The Morgan fingerprint density at radius 2 is 1.93 bits per heavy atom. The summed E-state index contributed by atoms with van der Waals surface area (Å²) in [7, 11) is 0. The Morgan fingerprint density at radius 1 is 1.21 bits per heavy atom. The van der Waals surface area contributed by atoms with Crippen molar-refractivity contribution in [2.24, 2.45) is 0 Å². The van der Waals surface area contributed by atoms with Crippen molar-refractivity contribution in [2.75, 3.05) is 0 Å². The van der Waals surface area contributed by atoms with Crippen molar-refractivity contribution in [3.05, 3.63) is 35.1 Å². The lowest BCUT2D eigenvalue weighted by molar-refractivity contribution is 0.112. The van der Waals surface area contributed by atoms with E-state index < -0.39 is 0 Å². The molecule has 1 aromatic carbocycles. The van der Waals surface area contributed by atoms with Crippen LogP contribution in [0.25, 0.3) is 10.6 Å². The third kappa shape index (κ3) is 1.67. The SMILES string of the molecule is O=Cc1nnc(-c2ccc(F)cc2)s1. The van der Waals surface area contributed by atoms with Gasteiger partial charge in [-0.3, -0.25) is 4.79 Å². The minimum atomic E-state index is -0.297. The molecule has 1 heterocycles. The van der Waals surface area contributed by atoms with Crippen LogP contribution >= 0.6 is 11.3 Å². The highest BCUT2D eigenvalue weighted by molar-refractivity contribution is 7.16. The highest BCUT2D eigenvalue weighted by Gasteiger charge is 2.05. The summed E-state index contributed by atoms with van der Waals surface area (Å²) < 4.78 is 12.6. The van der Waals surface area contributed by atoms with Gasteiger partial charge in [0, 0.05) is 5.56 Å². The van der Waals surface area contributed by atoms with Crippen LogP contribution in [0.2, 0.25) is 0 Å². The van der Waals surface area contributed by atoms with Crippen molar-refractivity contribution in [3.8, 4) is 10.6 Å². The first-order valence-corrected chi connectivity index (χ1v) is 4.66. The van der Waals surface area contributed by atoms with Gasteiger partial charge in [0.1, 0.15) is 10.8 Å². The molecular formula is C9H5FN2OS. The maximum Gasteiger partial charge on any atom is 0.180 e. The molecule has 0 aliphatic heterocycles. The molecule has 0 spiro atoms. The van der Waals surface area contributed by atoms with Gasteiger partial charge in [0.2, 0.25) is 0 Å². The van der Waals surface area contributed by atoms with Crippen LogP contribution in [0.3, 0.4) is 0 Å². The summed E-state index contributed by atoms with van der Waals surface area (Å²) in [4.78, 5) is 10.4. The van der Waals surface area contributed by atoms with Gasteiger partial charge in [-0.1, -0.05) is 11.3 Å². The van der Waals surface area contributed by atoms with Gasteiger partial charge < -0.3 is 0 Å². The van der Waals surface area contributed by atoms with Crippen LogP contribution < -0.4 is 0 Å². The van der Waals surface area contributed by atoms with E-state index in [0.717, 1.165) is 5.56 Å². The molecule has 1 aromatic heterocycles. The second-order valence-electron chi connectivity index (χ2n) is 2.57. The van der Waals surface area contributed by atoms with Gasteiger partial charge in [-0.05, 0) is 24.3 Å². The van der Waals surface area contributed by atoms with Crippen LogP contribution in [0, 0.1) is 5.82 Å². The van der Waals surface area contributed by atoms with E-state index in [2.05, 4.69) is 10.2 Å². The van der Waals surface area contributed by atoms with E-state index in [9.17, 15) is 9.18 Å². The molecule has 0 fully saturated rings. The minimum Gasteiger partial charge on any atom is -0.295 e. The van der Waals surface area contributed by atoms with Crippen LogP contribution in [0.4, 0.5) is 4.39 Å². The van der Waals surface area contributed by atoms with Crippen LogP contribution in [-0.4, -0.2) is 16.5 Å². The van der Waals surface area contributed by atoms with Gasteiger partial charge in [-0.25, -0.2) is 4.39 Å². The summed E-state index contributed by atoms with van der Waals surface area (Å²) in [5, 5.41) is 8.38. The number of aldehydes is 1. The standard InChI is InChI=1S/C9H5FN2OS/c10-7-3-1-6(2-4-7)9-12-11-8(5-13)14-9/h1-5H. The predicted octanol–water partition coefficient (Wildman–Crippen LogP) is 2.16. The first kappa shape index (κ1) is 8.96. The third-order valence-corrected chi connectivity index (χ3v) is 2.53. The zero-order valence-electron chi connectivity index (χ0n) is 6.98. The Hall–Kier alpha value is -1.62. The Morgan fingerprint density at radius 3 is 2.50 bits per heavy atom. The number of aromatic nitrogens is 2. The number of hydrogen-bond donors (Lipinski definition) is 0. The molecule has 14 heavy (non-hydrogen) atoms. The summed E-state index contributed by atoms with van der Waals surface area (Å²) >= 11 is 1.18. The third-order valence-electron chi connectivity index (χ3n) is 1.63. The van der Waals surface area contributed by atoms with Gasteiger partial charge in [0.05, 0.1) is 0 Å². The van der Waals surface area contributed by atoms with Crippen molar-refractivity contribution < 1.29 is 9.18 Å². The Balaban J connectivity index is 2.39. The molecule has 0 saturated carbocycles. The van der Waals surface area contributed by atoms with E-state index in [-0.39, 0.29) is 5.82 Å².